The van der Waals surface area contributed by atoms with Gasteiger partial charge in [0.25, 0.3) is 0 Å². The Morgan fingerprint density at radius 1 is 1.07 bits per heavy atom. The van der Waals surface area contributed by atoms with E-state index < -0.39 is 11.6 Å². The Morgan fingerprint density at radius 3 is 2.52 bits per heavy atom. The van der Waals surface area contributed by atoms with Crippen LogP contribution in [0.3, 0.4) is 0 Å². The van der Waals surface area contributed by atoms with Crippen molar-refractivity contribution >= 4 is 29.1 Å². The van der Waals surface area contributed by atoms with Crippen LogP contribution in [0.1, 0.15) is 48.0 Å². The predicted octanol–water partition coefficient (Wildman–Crippen LogP) is 2.63. The van der Waals surface area contributed by atoms with Crippen molar-refractivity contribution in [3.8, 4) is 0 Å². The summed E-state index contributed by atoms with van der Waals surface area (Å²) >= 11 is 1.48. The Balaban J connectivity index is 1.39. The molecule has 1 saturated heterocycles. The van der Waals surface area contributed by atoms with E-state index in [2.05, 4.69) is 4.90 Å². The van der Waals surface area contributed by atoms with E-state index in [4.69, 9.17) is 4.74 Å². The Labute approximate surface area is 162 Å². The van der Waals surface area contributed by atoms with Crippen LogP contribution >= 0.6 is 11.8 Å². The number of likely N-dealkylation sites (tertiary alicyclic amines) is 1. The van der Waals surface area contributed by atoms with Crippen molar-refractivity contribution in [2.24, 2.45) is 0 Å². The maximum absolute atomic E-state index is 12.5. The second-order valence-electron chi connectivity index (χ2n) is 8.04. The van der Waals surface area contributed by atoms with E-state index >= 15 is 0 Å². The van der Waals surface area contributed by atoms with Crippen molar-refractivity contribution in [3.05, 3.63) is 40.3 Å². The van der Waals surface area contributed by atoms with Crippen molar-refractivity contribution in [3.63, 3.8) is 0 Å². The highest BCUT2D eigenvalue weighted by atomic mass is 32.2. The highest BCUT2D eigenvalue weighted by molar-refractivity contribution is 8.04. The van der Waals surface area contributed by atoms with Crippen molar-refractivity contribution in [2.75, 3.05) is 18.8 Å². The molecule has 2 fully saturated rings. The van der Waals surface area contributed by atoms with Crippen LogP contribution in [0.25, 0.3) is 5.76 Å². The number of carbonyl (C=O) groups is 2. The minimum atomic E-state index is -0.435. The molecule has 0 bridgehead atoms. The largest absolute Gasteiger partial charge is 0.484 e. The van der Waals surface area contributed by atoms with Gasteiger partial charge in [0.1, 0.15) is 16.3 Å². The van der Waals surface area contributed by atoms with Gasteiger partial charge in [-0.2, -0.15) is 0 Å². The summed E-state index contributed by atoms with van der Waals surface area (Å²) in [7, 11) is 0. The first-order valence-corrected chi connectivity index (χ1v) is 10.7. The average Bonchev–Trinajstić information content (AvgIpc) is 3.13. The molecule has 1 N–H and O–H groups in total. The molecule has 142 valence electrons. The zero-order valence-corrected chi connectivity index (χ0v) is 16.0. The number of ketones is 2. The zero-order valence-electron chi connectivity index (χ0n) is 15.1. The molecule has 5 rings (SSSR count). The number of piperidine rings is 1. The number of aliphatic hydroxyl groups is 1. The van der Waals surface area contributed by atoms with E-state index in [-0.39, 0.29) is 17.7 Å². The Kier molecular flexibility index (Phi) is 4.18. The van der Waals surface area contributed by atoms with Crippen LogP contribution in [-0.2, 0) is 9.53 Å². The number of nitrogens with zero attached hydrogens (tertiary/aromatic N) is 1. The second kappa shape index (κ2) is 6.47. The molecule has 0 aromatic heterocycles. The number of hydrogen-bond donors (Lipinski definition) is 1. The fourth-order valence-corrected chi connectivity index (χ4v) is 6.13. The molecule has 0 amide bonds. The smallest absolute Gasteiger partial charge is 0.243 e. The molecule has 2 aliphatic carbocycles. The molecule has 2 atom stereocenters. The van der Waals surface area contributed by atoms with Gasteiger partial charge in [0.05, 0.1) is 6.10 Å². The number of hydrogen-bond acceptors (Lipinski definition) is 6. The molecule has 2 unspecified atom stereocenters. The van der Waals surface area contributed by atoms with Crippen LogP contribution in [0.5, 0.6) is 0 Å². The van der Waals surface area contributed by atoms with Crippen LogP contribution in [0.2, 0.25) is 0 Å². The van der Waals surface area contributed by atoms with Crippen molar-refractivity contribution in [1.82, 2.24) is 4.90 Å². The SMILES string of the molecule is O=C1C(=O)c2ccccc2C2=C1SCC1(CCN(C3CCCC3O)CC1)O2. The molecule has 4 aliphatic rings. The molecule has 1 aromatic carbocycles. The van der Waals surface area contributed by atoms with Gasteiger partial charge < -0.3 is 9.84 Å². The third-order valence-corrected chi connectivity index (χ3v) is 7.79. The number of ether oxygens (including phenoxy) is 1. The van der Waals surface area contributed by atoms with Gasteiger partial charge in [-0.1, -0.05) is 24.3 Å². The van der Waals surface area contributed by atoms with Crippen molar-refractivity contribution in [1.29, 1.82) is 0 Å². The standard InChI is InChI=1S/C21H23NO4S/c23-16-7-3-6-15(16)22-10-8-21(9-11-22)12-27-20-18(25)17(24)13-4-1-2-5-14(13)19(20)26-21/h1-2,4-5,15-16,23H,3,6-12H2. The first kappa shape index (κ1) is 17.5. The average molecular weight is 385 g/mol. The van der Waals surface area contributed by atoms with Crippen LogP contribution in [-0.4, -0.2) is 58.2 Å². The van der Waals surface area contributed by atoms with Gasteiger partial charge in [-0.25, -0.2) is 0 Å². The number of Topliss-reactive ketones (excluding diaryl/α,β-unsaturated/α-hetero) is 2. The first-order valence-electron chi connectivity index (χ1n) is 9.75. The summed E-state index contributed by atoms with van der Waals surface area (Å²) in [6, 6.07) is 7.53. The molecule has 6 heteroatoms. The van der Waals surface area contributed by atoms with E-state index in [1.165, 1.54) is 11.8 Å². The summed E-state index contributed by atoms with van der Waals surface area (Å²) in [5.41, 5.74) is 0.903. The normalized spacial score (nSPS) is 30.3. The van der Waals surface area contributed by atoms with E-state index in [9.17, 15) is 14.7 Å². The van der Waals surface area contributed by atoms with Gasteiger partial charge in [0.15, 0.2) is 0 Å². The molecule has 2 heterocycles. The Bertz CT molecular complexity index is 840. The number of rotatable bonds is 1. The lowest BCUT2D eigenvalue weighted by Gasteiger charge is -2.47. The number of allylic oxidation sites excluding steroid dienone is 1. The van der Waals surface area contributed by atoms with E-state index in [1.54, 1.807) is 12.1 Å². The number of aliphatic hydroxyl groups excluding tert-OH is 1. The molecular weight excluding hydrogens is 362 g/mol. The second-order valence-corrected chi connectivity index (χ2v) is 9.02. The monoisotopic (exact) mass is 385 g/mol. The van der Waals surface area contributed by atoms with Gasteiger partial charge in [-0.05, 0) is 19.3 Å². The van der Waals surface area contributed by atoms with E-state index in [0.29, 0.717) is 22.0 Å². The van der Waals surface area contributed by atoms with Crippen molar-refractivity contribution < 1.29 is 19.4 Å². The predicted molar refractivity (Wildman–Crippen MR) is 103 cm³/mol. The molecule has 27 heavy (non-hydrogen) atoms. The number of carbonyl (C=O) groups excluding carboxylic acids is 2. The quantitative estimate of drug-likeness (QED) is 0.750. The molecule has 1 aromatic rings. The Hall–Kier alpha value is -1.63. The summed E-state index contributed by atoms with van der Waals surface area (Å²) < 4.78 is 6.50. The third-order valence-electron chi connectivity index (χ3n) is 6.46. The summed E-state index contributed by atoms with van der Waals surface area (Å²) in [4.78, 5) is 27.8. The summed E-state index contributed by atoms with van der Waals surface area (Å²) in [6.45, 7) is 1.80. The molecule has 2 aliphatic heterocycles. The van der Waals surface area contributed by atoms with Crippen molar-refractivity contribution in [2.45, 2.75) is 49.9 Å². The minimum Gasteiger partial charge on any atom is -0.484 e. The Morgan fingerprint density at radius 2 is 1.81 bits per heavy atom. The minimum absolute atomic E-state index is 0.205. The molecule has 1 saturated carbocycles. The topological polar surface area (TPSA) is 66.8 Å². The zero-order chi connectivity index (χ0) is 18.6. The van der Waals surface area contributed by atoms with Gasteiger partial charge in [-0.3, -0.25) is 14.5 Å². The van der Waals surface area contributed by atoms with Crippen LogP contribution in [0.15, 0.2) is 29.2 Å². The van der Waals surface area contributed by atoms with Crippen LogP contribution < -0.4 is 0 Å². The summed E-state index contributed by atoms with van der Waals surface area (Å²) in [6.07, 6.45) is 4.63. The maximum atomic E-state index is 12.5. The fourth-order valence-electron chi connectivity index (χ4n) is 4.87. The van der Waals surface area contributed by atoms with E-state index in [0.717, 1.165) is 50.8 Å². The first-order chi connectivity index (χ1) is 13.1. The molecule has 0 radical (unpaired) electrons. The van der Waals surface area contributed by atoms with Gasteiger partial charge in [-0.15, -0.1) is 11.8 Å². The maximum Gasteiger partial charge on any atom is 0.243 e. The van der Waals surface area contributed by atoms with Gasteiger partial charge in [0, 0.05) is 48.9 Å². The lowest BCUT2D eigenvalue weighted by atomic mass is 9.89. The molecule has 1 spiro atoms. The lowest BCUT2D eigenvalue weighted by Crippen LogP contribution is -2.53. The number of benzene rings is 1. The highest BCUT2D eigenvalue weighted by Crippen LogP contribution is 2.47. The number of fused-ring (bicyclic) bond motifs is 2. The molecular formula is C21H23NO4S. The van der Waals surface area contributed by atoms with Gasteiger partial charge >= 0.3 is 0 Å². The highest BCUT2D eigenvalue weighted by Gasteiger charge is 2.47. The van der Waals surface area contributed by atoms with E-state index in [1.807, 2.05) is 12.1 Å². The lowest BCUT2D eigenvalue weighted by molar-refractivity contribution is -0.111. The fraction of sp³-hybridized carbons (Fsp3) is 0.524. The summed E-state index contributed by atoms with van der Waals surface area (Å²) in [5, 5.41) is 10.2. The summed E-state index contributed by atoms with van der Waals surface area (Å²) in [5.74, 6) is 0.436. The van der Waals surface area contributed by atoms with Crippen LogP contribution in [0, 0.1) is 0 Å². The number of thioether (sulfide) groups is 1. The van der Waals surface area contributed by atoms with Crippen LogP contribution in [0.4, 0.5) is 0 Å². The third kappa shape index (κ3) is 2.77. The molecule has 5 nitrogen and oxygen atoms in total. The van der Waals surface area contributed by atoms with Gasteiger partial charge in [0.2, 0.25) is 11.6 Å².